The molecular formula is C29H32ClNO5. The van der Waals surface area contributed by atoms with E-state index in [2.05, 4.69) is 5.32 Å². The Kier molecular flexibility index (Phi) is 7.74. The van der Waals surface area contributed by atoms with Crippen molar-refractivity contribution in [1.82, 2.24) is 5.32 Å². The normalized spacial score (nSPS) is 20.4. The van der Waals surface area contributed by atoms with Gasteiger partial charge in [-0.2, -0.15) is 0 Å². The highest BCUT2D eigenvalue weighted by Gasteiger charge is 2.42. The van der Waals surface area contributed by atoms with Gasteiger partial charge in [0.05, 0.1) is 25.9 Å². The minimum Gasteiger partial charge on any atom is -0.493 e. The summed E-state index contributed by atoms with van der Waals surface area (Å²) in [5, 5.41) is 3.89. The number of Topliss-reactive ketones (excluding diaryl/α,β-unsaturated/α-hetero) is 1. The van der Waals surface area contributed by atoms with Crippen LogP contribution in [0.15, 0.2) is 65.0 Å². The van der Waals surface area contributed by atoms with Crippen LogP contribution in [0, 0.1) is 0 Å². The SMILES string of the molecule is CC[C@H](C)OC(=O)C1=C(C)NC2=C(C(=O)C[C@H](c3ccc(OC)c(OC)c3)C2)[C@@H]1c1ccccc1Cl. The van der Waals surface area contributed by atoms with E-state index in [4.69, 9.17) is 25.8 Å². The van der Waals surface area contributed by atoms with Crippen molar-refractivity contribution in [2.24, 2.45) is 0 Å². The number of ketones is 1. The van der Waals surface area contributed by atoms with Crippen molar-refractivity contribution in [2.75, 3.05) is 14.2 Å². The van der Waals surface area contributed by atoms with Crippen LogP contribution in [0.25, 0.3) is 0 Å². The summed E-state index contributed by atoms with van der Waals surface area (Å²) in [5.41, 5.74) is 4.22. The van der Waals surface area contributed by atoms with E-state index in [1.54, 1.807) is 20.3 Å². The summed E-state index contributed by atoms with van der Waals surface area (Å²) >= 11 is 6.62. The summed E-state index contributed by atoms with van der Waals surface area (Å²) in [7, 11) is 3.19. The Hall–Kier alpha value is -3.25. The number of halogens is 1. The van der Waals surface area contributed by atoms with E-state index in [1.165, 1.54) is 0 Å². The molecule has 0 saturated heterocycles. The van der Waals surface area contributed by atoms with Crippen molar-refractivity contribution in [1.29, 1.82) is 0 Å². The molecule has 1 N–H and O–H groups in total. The summed E-state index contributed by atoms with van der Waals surface area (Å²) in [4.78, 5) is 27.1. The molecule has 0 amide bonds. The van der Waals surface area contributed by atoms with Gasteiger partial charge in [-0.05, 0) is 61.9 Å². The van der Waals surface area contributed by atoms with Gasteiger partial charge >= 0.3 is 5.97 Å². The van der Waals surface area contributed by atoms with Gasteiger partial charge < -0.3 is 19.5 Å². The number of allylic oxidation sites excluding steroid dienone is 3. The Morgan fingerprint density at radius 2 is 1.83 bits per heavy atom. The molecule has 4 rings (SSSR count). The second-order valence-corrected chi connectivity index (χ2v) is 9.68. The van der Waals surface area contributed by atoms with Crippen LogP contribution in [0.1, 0.15) is 63.0 Å². The molecule has 36 heavy (non-hydrogen) atoms. The van der Waals surface area contributed by atoms with Gasteiger partial charge in [0.2, 0.25) is 0 Å². The Bertz CT molecular complexity index is 1250. The predicted octanol–water partition coefficient (Wildman–Crippen LogP) is 6.06. The van der Waals surface area contributed by atoms with Crippen LogP contribution in [0.3, 0.4) is 0 Å². The van der Waals surface area contributed by atoms with Gasteiger partial charge in [-0.3, -0.25) is 4.79 Å². The smallest absolute Gasteiger partial charge is 0.337 e. The van der Waals surface area contributed by atoms with Gasteiger partial charge in [-0.1, -0.05) is 42.8 Å². The summed E-state index contributed by atoms with van der Waals surface area (Å²) in [5.74, 6) is 0.178. The zero-order valence-corrected chi connectivity index (χ0v) is 22.1. The highest BCUT2D eigenvalue weighted by atomic mass is 35.5. The van der Waals surface area contributed by atoms with E-state index in [1.807, 2.05) is 57.2 Å². The minimum atomic E-state index is -0.592. The van der Waals surface area contributed by atoms with Gasteiger partial charge in [0, 0.05) is 34.3 Å². The van der Waals surface area contributed by atoms with E-state index in [0.717, 1.165) is 16.8 Å². The molecule has 2 aromatic carbocycles. The largest absolute Gasteiger partial charge is 0.493 e. The first-order valence-electron chi connectivity index (χ1n) is 12.2. The summed E-state index contributed by atoms with van der Waals surface area (Å²) < 4.78 is 16.6. The molecule has 0 fully saturated rings. The van der Waals surface area contributed by atoms with Crippen molar-refractivity contribution >= 4 is 23.4 Å². The highest BCUT2D eigenvalue weighted by Crippen LogP contribution is 2.47. The number of benzene rings is 2. The lowest BCUT2D eigenvalue weighted by atomic mass is 9.71. The zero-order chi connectivity index (χ0) is 26.0. The number of rotatable bonds is 7. The lowest BCUT2D eigenvalue weighted by Crippen LogP contribution is -2.36. The third-order valence-corrected chi connectivity index (χ3v) is 7.37. The standard InChI is InChI=1S/C29H32ClNO5/c1-6-16(2)36-29(33)26-17(3)31-22-13-19(18-11-12-24(34-4)25(15-18)35-5)14-23(32)28(22)27(26)20-9-7-8-10-21(20)30/h7-12,15-16,19,27,31H,6,13-14H2,1-5H3/t16-,19+,27+/m0/s1. The van der Waals surface area contributed by atoms with Gasteiger partial charge in [0.1, 0.15) is 0 Å². The molecule has 0 radical (unpaired) electrons. The first kappa shape index (κ1) is 25.8. The van der Waals surface area contributed by atoms with Crippen LogP contribution in [-0.2, 0) is 14.3 Å². The number of dihydropyridines is 1. The second-order valence-electron chi connectivity index (χ2n) is 9.28. The minimum absolute atomic E-state index is 0.0187. The molecule has 1 aliphatic heterocycles. The van der Waals surface area contributed by atoms with Gasteiger partial charge in [0.25, 0.3) is 0 Å². The second kappa shape index (κ2) is 10.8. The molecule has 2 aliphatic rings. The van der Waals surface area contributed by atoms with E-state index in [-0.39, 0.29) is 17.8 Å². The maximum absolute atomic E-state index is 13.8. The number of esters is 1. The molecule has 0 bridgehead atoms. The predicted molar refractivity (Wildman–Crippen MR) is 139 cm³/mol. The molecule has 0 unspecified atom stereocenters. The number of carbonyl (C=O) groups excluding carboxylic acids is 2. The van der Waals surface area contributed by atoms with E-state index in [9.17, 15) is 9.59 Å². The van der Waals surface area contributed by atoms with Crippen LogP contribution in [0.2, 0.25) is 5.02 Å². The maximum Gasteiger partial charge on any atom is 0.337 e. The molecule has 6 nitrogen and oxygen atoms in total. The zero-order valence-electron chi connectivity index (χ0n) is 21.3. The Labute approximate surface area is 217 Å². The first-order chi connectivity index (χ1) is 17.3. The topological polar surface area (TPSA) is 73.9 Å². The lowest BCUT2D eigenvalue weighted by Gasteiger charge is -2.37. The van der Waals surface area contributed by atoms with Crippen LogP contribution in [0.4, 0.5) is 0 Å². The number of methoxy groups -OCH3 is 2. The van der Waals surface area contributed by atoms with Gasteiger partial charge in [-0.25, -0.2) is 4.79 Å². The van der Waals surface area contributed by atoms with Crippen LogP contribution >= 0.6 is 11.6 Å². The summed E-state index contributed by atoms with van der Waals surface area (Å²) in [6.07, 6.45) is 1.38. The van der Waals surface area contributed by atoms with Gasteiger partial charge in [-0.15, -0.1) is 0 Å². The van der Waals surface area contributed by atoms with Crippen molar-refractivity contribution in [2.45, 2.75) is 58.0 Å². The monoisotopic (exact) mass is 509 g/mol. The fourth-order valence-corrected chi connectivity index (χ4v) is 5.25. The molecule has 190 valence electrons. The Balaban J connectivity index is 1.77. The third-order valence-electron chi connectivity index (χ3n) is 7.03. The number of hydrogen-bond acceptors (Lipinski definition) is 6. The van der Waals surface area contributed by atoms with Crippen molar-refractivity contribution in [3.8, 4) is 11.5 Å². The van der Waals surface area contributed by atoms with Crippen molar-refractivity contribution in [3.05, 3.63) is 81.2 Å². The molecule has 1 aliphatic carbocycles. The number of carbonyl (C=O) groups is 2. The molecule has 0 saturated carbocycles. The summed E-state index contributed by atoms with van der Waals surface area (Å²) in [6.45, 7) is 5.67. The maximum atomic E-state index is 13.8. The molecule has 2 aromatic rings. The van der Waals surface area contributed by atoms with E-state index < -0.39 is 11.9 Å². The Morgan fingerprint density at radius 3 is 2.50 bits per heavy atom. The number of nitrogens with one attached hydrogen (secondary N) is 1. The molecule has 0 spiro atoms. The van der Waals surface area contributed by atoms with Crippen LogP contribution in [-0.4, -0.2) is 32.1 Å². The lowest BCUT2D eigenvalue weighted by molar-refractivity contribution is -0.144. The van der Waals surface area contributed by atoms with E-state index in [0.29, 0.717) is 52.6 Å². The average Bonchev–Trinajstić information content (AvgIpc) is 2.87. The van der Waals surface area contributed by atoms with Crippen LogP contribution in [0.5, 0.6) is 11.5 Å². The average molecular weight is 510 g/mol. The molecule has 1 heterocycles. The molecule has 0 aromatic heterocycles. The quantitative estimate of drug-likeness (QED) is 0.457. The fourth-order valence-electron chi connectivity index (χ4n) is 5.00. The van der Waals surface area contributed by atoms with Crippen molar-refractivity contribution < 1.29 is 23.8 Å². The summed E-state index contributed by atoms with van der Waals surface area (Å²) in [6, 6.07) is 13.1. The molecular weight excluding hydrogens is 478 g/mol. The van der Waals surface area contributed by atoms with Gasteiger partial charge in [0.15, 0.2) is 17.3 Å². The molecule has 7 heteroatoms. The number of ether oxygens (including phenoxy) is 3. The molecule has 3 atom stereocenters. The number of hydrogen-bond donors (Lipinski definition) is 1. The third kappa shape index (κ3) is 4.87. The van der Waals surface area contributed by atoms with E-state index >= 15 is 0 Å². The van der Waals surface area contributed by atoms with Crippen molar-refractivity contribution in [3.63, 3.8) is 0 Å². The first-order valence-corrected chi connectivity index (χ1v) is 12.6. The van der Waals surface area contributed by atoms with Crippen LogP contribution < -0.4 is 14.8 Å². The fraction of sp³-hybridized carbons (Fsp3) is 0.379. The Morgan fingerprint density at radius 1 is 1.11 bits per heavy atom. The highest BCUT2D eigenvalue weighted by molar-refractivity contribution is 6.31.